The minimum absolute atomic E-state index is 0.332. The van der Waals surface area contributed by atoms with Crippen molar-refractivity contribution in [1.29, 1.82) is 0 Å². The van der Waals surface area contributed by atoms with E-state index in [0.717, 1.165) is 12.8 Å². The van der Waals surface area contributed by atoms with Crippen LogP contribution in [0.3, 0.4) is 0 Å². The highest BCUT2D eigenvalue weighted by Gasteiger charge is 2.48. The van der Waals surface area contributed by atoms with Crippen LogP contribution in [-0.2, 0) is 0 Å². The number of aliphatic hydroxyl groups is 1. The summed E-state index contributed by atoms with van der Waals surface area (Å²) in [4.78, 5) is 0. The summed E-state index contributed by atoms with van der Waals surface area (Å²) in [5, 5.41) is 10.4. The highest BCUT2D eigenvalue weighted by Crippen LogP contribution is 2.50. The lowest BCUT2D eigenvalue weighted by Gasteiger charge is -2.32. The predicted octanol–water partition coefficient (Wildman–Crippen LogP) is 2.83. The standard InChI is InChI=1S/C11H22O/c1-8(2)11(12)7-10(4,5)6-9(11)3/h8-9,12H,6-7H2,1-5H3. The Kier molecular flexibility index (Phi) is 2.28. The molecule has 0 amide bonds. The molecule has 72 valence electrons. The zero-order valence-electron chi connectivity index (χ0n) is 9.02. The summed E-state index contributed by atoms with van der Waals surface area (Å²) in [6.07, 6.45) is 2.11. The molecule has 2 atom stereocenters. The SMILES string of the molecule is CC(C)C1(O)CC(C)(C)CC1C. The number of hydrogen-bond acceptors (Lipinski definition) is 1. The van der Waals surface area contributed by atoms with Crippen molar-refractivity contribution in [2.24, 2.45) is 17.3 Å². The second-order valence-electron chi connectivity index (χ2n) is 5.59. The van der Waals surface area contributed by atoms with E-state index in [9.17, 15) is 5.11 Å². The molecule has 0 spiro atoms. The van der Waals surface area contributed by atoms with Gasteiger partial charge in [0.2, 0.25) is 0 Å². The summed E-state index contributed by atoms with van der Waals surface area (Å²) in [5.74, 6) is 0.835. The van der Waals surface area contributed by atoms with Gasteiger partial charge in [0.05, 0.1) is 5.60 Å². The Hall–Kier alpha value is -0.0400. The summed E-state index contributed by atoms with van der Waals surface area (Å²) < 4.78 is 0. The van der Waals surface area contributed by atoms with Crippen molar-refractivity contribution >= 4 is 0 Å². The predicted molar refractivity (Wildman–Crippen MR) is 52.0 cm³/mol. The molecule has 0 aromatic heterocycles. The van der Waals surface area contributed by atoms with Crippen molar-refractivity contribution < 1.29 is 5.11 Å². The molecule has 0 aromatic rings. The van der Waals surface area contributed by atoms with E-state index in [0.29, 0.717) is 17.3 Å². The molecular formula is C11H22O. The van der Waals surface area contributed by atoms with E-state index in [1.165, 1.54) is 0 Å². The normalized spacial score (nSPS) is 40.8. The fraction of sp³-hybridized carbons (Fsp3) is 1.00. The fourth-order valence-corrected chi connectivity index (χ4v) is 2.79. The van der Waals surface area contributed by atoms with Gasteiger partial charge in [-0.2, -0.15) is 0 Å². The molecule has 1 aliphatic carbocycles. The molecule has 1 nitrogen and oxygen atoms in total. The van der Waals surface area contributed by atoms with Gasteiger partial charge in [-0.15, -0.1) is 0 Å². The Balaban J connectivity index is 2.81. The van der Waals surface area contributed by atoms with Crippen LogP contribution < -0.4 is 0 Å². The van der Waals surface area contributed by atoms with E-state index in [2.05, 4.69) is 34.6 Å². The van der Waals surface area contributed by atoms with Gasteiger partial charge in [-0.25, -0.2) is 0 Å². The van der Waals surface area contributed by atoms with Crippen molar-refractivity contribution in [2.75, 3.05) is 0 Å². The van der Waals surface area contributed by atoms with Crippen molar-refractivity contribution in [2.45, 2.75) is 53.1 Å². The molecular weight excluding hydrogens is 148 g/mol. The molecule has 0 radical (unpaired) electrons. The third kappa shape index (κ3) is 1.52. The van der Waals surface area contributed by atoms with Crippen molar-refractivity contribution in [3.63, 3.8) is 0 Å². The average Bonchev–Trinajstić information content (AvgIpc) is 2.03. The molecule has 0 aromatic carbocycles. The molecule has 1 aliphatic rings. The van der Waals surface area contributed by atoms with Crippen molar-refractivity contribution in [3.05, 3.63) is 0 Å². The van der Waals surface area contributed by atoms with Gasteiger partial charge in [-0.05, 0) is 30.1 Å². The second kappa shape index (κ2) is 2.73. The van der Waals surface area contributed by atoms with Crippen molar-refractivity contribution in [3.8, 4) is 0 Å². The molecule has 0 saturated heterocycles. The maximum absolute atomic E-state index is 10.4. The summed E-state index contributed by atoms with van der Waals surface area (Å²) in [5.41, 5.74) is -0.0814. The Labute approximate surface area is 76.2 Å². The molecule has 1 fully saturated rings. The van der Waals surface area contributed by atoms with E-state index < -0.39 is 5.60 Å². The van der Waals surface area contributed by atoms with Gasteiger partial charge in [-0.3, -0.25) is 0 Å². The molecule has 0 heterocycles. The molecule has 1 N–H and O–H groups in total. The monoisotopic (exact) mass is 170 g/mol. The van der Waals surface area contributed by atoms with Crippen LogP contribution in [0.2, 0.25) is 0 Å². The van der Waals surface area contributed by atoms with Gasteiger partial charge in [0.15, 0.2) is 0 Å². The molecule has 1 rings (SSSR count). The highest BCUT2D eigenvalue weighted by molar-refractivity contribution is 4.99. The summed E-state index contributed by atoms with van der Waals surface area (Å²) in [6, 6.07) is 0. The van der Waals surface area contributed by atoms with Crippen LogP contribution in [0.1, 0.15) is 47.5 Å². The minimum Gasteiger partial charge on any atom is -0.389 e. The van der Waals surface area contributed by atoms with Crippen LogP contribution in [0.25, 0.3) is 0 Å². The number of hydrogen-bond donors (Lipinski definition) is 1. The van der Waals surface area contributed by atoms with Crippen LogP contribution in [0.15, 0.2) is 0 Å². The summed E-state index contributed by atoms with van der Waals surface area (Å²) in [7, 11) is 0. The third-order valence-corrected chi connectivity index (χ3v) is 3.47. The zero-order valence-corrected chi connectivity index (χ0v) is 9.02. The first-order chi connectivity index (χ1) is 5.28. The van der Waals surface area contributed by atoms with E-state index in [1.807, 2.05) is 0 Å². The van der Waals surface area contributed by atoms with Gasteiger partial charge in [0.25, 0.3) is 0 Å². The molecule has 1 saturated carbocycles. The molecule has 0 bridgehead atoms. The van der Waals surface area contributed by atoms with Crippen LogP contribution in [0.4, 0.5) is 0 Å². The lowest BCUT2D eigenvalue weighted by Crippen LogP contribution is -2.37. The van der Waals surface area contributed by atoms with Gasteiger partial charge >= 0.3 is 0 Å². The van der Waals surface area contributed by atoms with Crippen LogP contribution in [-0.4, -0.2) is 10.7 Å². The lowest BCUT2D eigenvalue weighted by atomic mass is 9.81. The molecule has 1 heteroatoms. The van der Waals surface area contributed by atoms with E-state index in [4.69, 9.17) is 0 Å². The second-order valence-corrected chi connectivity index (χ2v) is 5.59. The van der Waals surface area contributed by atoms with Gasteiger partial charge in [0, 0.05) is 0 Å². The molecule has 2 unspecified atom stereocenters. The fourth-order valence-electron chi connectivity index (χ4n) is 2.79. The number of rotatable bonds is 1. The molecule has 0 aliphatic heterocycles. The lowest BCUT2D eigenvalue weighted by molar-refractivity contribution is -0.0381. The highest BCUT2D eigenvalue weighted by atomic mass is 16.3. The largest absolute Gasteiger partial charge is 0.389 e. The topological polar surface area (TPSA) is 20.2 Å². The first-order valence-electron chi connectivity index (χ1n) is 5.00. The smallest absolute Gasteiger partial charge is 0.0701 e. The van der Waals surface area contributed by atoms with Crippen LogP contribution in [0.5, 0.6) is 0 Å². The zero-order chi connectivity index (χ0) is 9.57. The third-order valence-electron chi connectivity index (χ3n) is 3.47. The van der Waals surface area contributed by atoms with Crippen molar-refractivity contribution in [1.82, 2.24) is 0 Å². The average molecular weight is 170 g/mol. The van der Waals surface area contributed by atoms with E-state index >= 15 is 0 Å². The van der Waals surface area contributed by atoms with Gasteiger partial charge < -0.3 is 5.11 Å². The van der Waals surface area contributed by atoms with Crippen LogP contribution >= 0.6 is 0 Å². The Bertz CT molecular complexity index is 172. The first kappa shape index (κ1) is 10.0. The van der Waals surface area contributed by atoms with E-state index in [1.54, 1.807) is 0 Å². The minimum atomic E-state index is -0.413. The first-order valence-corrected chi connectivity index (χ1v) is 5.00. The summed E-state index contributed by atoms with van der Waals surface area (Å²) >= 11 is 0. The quantitative estimate of drug-likeness (QED) is 0.641. The Morgan fingerprint density at radius 1 is 1.33 bits per heavy atom. The Morgan fingerprint density at radius 3 is 2.00 bits per heavy atom. The maximum Gasteiger partial charge on any atom is 0.0701 e. The summed E-state index contributed by atoms with van der Waals surface area (Å²) in [6.45, 7) is 10.9. The molecule has 12 heavy (non-hydrogen) atoms. The maximum atomic E-state index is 10.4. The van der Waals surface area contributed by atoms with Gasteiger partial charge in [-0.1, -0.05) is 34.6 Å². The Morgan fingerprint density at radius 2 is 1.83 bits per heavy atom. The van der Waals surface area contributed by atoms with Crippen LogP contribution in [0, 0.1) is 17.3 Å². The van der Waals surface area contributed by atoms with E-state index in [-0.39, 0.29) is 0 Å². The van der Waals surface area contributed by atoms with Gasteiger partial charge in [0.1, 0.15) is 0 Å².